The number of hydrogen-bond acceptors (Lipinski definition) is 1. The van der Waals surface area contributed by atoms with Crippen molar-refractivity contribution in [3.05, 3.63) is 64.2 Å². The molecule has 0 saturated carbocycles. The van der Waals surface area contributed by atoms with E-state index in [4.69, 9.17) is 11.6 Å². The Bertz CT molecular complexity index is 626. The zero-order valence-electron chi connectivity index (χ0n) is 11.5. The van der Waals surface area contributed by atoms with Crippen LogP contribution in [0.2, 0.25) is 5.02 Å². The molecule has 2 N–H and O–H groups in total. The zero-order chi connectivity index (χ0) is 14.5. The van der Waals surface area contributed by atoms with Crippen LogP contribution in [0.5, 0.6) is 0 Å². The summed E-state index contributed by atoms with van der Waals surface area (Å²) in [5, 5.41) is 6.22. The van der Waals surface area contributed by atoms with Crippen LogP contribution in [-0.4, -0.2) is 6.03 Å². The molecule has 0 saturated heterocycles. The fourth-order valence-corrected chi connectivity index (χ4v) is 2.03. The Kier molecular flexibility index (Phi) is 4.64. The predicted octanol–water partition coefficient (Wildman–Crippen LogP) is 4.28. The Morgan fingerprint density at radius 2 is 1.95 bits per heavy atom. The van der Waals surface area contributed by atoms with Crippen molar-refractivity contribution in [3.8, 4) is 0 Å². The van der Waals surface area contributed by atoms with Gasteiger partial charge in [-0.1, -0.05) is 47.5 Å². The summed E-state index contributed by atoms with van der Waals surface area (Å²) in [6, 6.07) is 13.2. The predicted molar refractivity (Wildman–Crippen MR) is 83.2 cm³/mol. The Balaban J connectivity index is 1.91. The van der Waals surface area contributed by atoms with Crippen LogP contribution in [0.3, 0.4) is 0 Å². The van der Waals surface area contributed by atoms with Crippen LogP contribution in [0.1, 0.15) is 16.7 Å². The van der Waals surface area contributed by atoms with Crippen LogP contribution in [0.4, 0.5) is 10.5 Å². The number of carbonyl (C=O) groups is 1. The number of rotatable bonds is 3. The van der Waals surface area contributed by atoms with Gasteiger partial charge < -0.3 is 10.6 Å². The van der Waals surface area contributed by atoms with E-state index in [1.165, 1.54) is 5.56 Å². The highest BCUT2D eigenvalue weighted by atomic mass is 35.5. The van der Waals surface area contributed by atoms with Crippen molar-refractivity contribution in [2.75, 3.05) is 5.32 Å². The minimum absolute atomic E-state index is 0.244. The molecule has 3 nitrogen and oxygen atoms in total. The standard InChI is InChI=1S/C16H17ClN2O/c1-11-4-3-5-13(8-11)10-18-16(20)19-14-7-6-12(2)15(17)9-14/h3-9H,10H2,1-2H3,(H2,18,19,20). The molecule has 0 heterocycles. The molecule has 20 heavy (non-hydrogen) atoms. The number of amides is 2. The van der Waals surface area contributed by atoms with Gasteiger partial charge in [0.2, 0.25) is 0 Å². The molecular weight excluding hydrogens is 272 g/mol. The van der Waals surface area contributed by atoms with Crippen LogP contribution in [0, 0.1) is 13.8 Å². The van der Waals surface area contributed by atoms with E-state index in [9.17, 15) is 4.79 Å². The number of anilines is 1. The summed E-state index contributed by atoms with van der Waals surface area (Å²) in [5.41, 5.74) is 3.91. The van der Waals surface area contributed by atoms with Crippen molar-refractivity contribution in [1.82, 2.24) is 5.32 Å². The lowest BCUT2D eigenvalue weighted by Gasteiger charge is -2.09. The van der Waals surface area contributed by atoms with Crippen molar-refractivity contribution in [2.24, 2.45) is 0 Å². The van der Waals surface area contributed by atoms with Crippen molar-refractivity contribution in [2.45, 2.75) is 20.4 Å². The lowest BCUT2D eigenvalue weighted by atomic mass is 10.1. The summed E-state index contributed by atoms with van der Waals surface area (Å²) in [7, 11) is 0. The van der Waals surface area contributed by atoms with E-state index < -0.39 is 0 Å². The molecule has 2 aromatic rings. The summed E-state index contributed by atoms with van der Waals surface area (Å²) in [5.74, 6) is 0. The summed E-state index contributed by atoms with van der Waals surface area (Å²) >= 11 is 6.02. The molecule has 104 valence electrons. The SMILES string of the molecule is Cc1cccc(CNC(=O)Nc2ccc(C)c(Cl)c2)c1. The van der Waals surface area contributed by atoms with Crippen LogP contribution in [0.15, 0.2) is 42.5 Å². The van der Waals surface area contributed by atoms with E-state index in [0.717, 1.165) is 11.1 Å². The highest BCUT2D eigenvalue weighted by molar-refractivity contribution is 6.31. The maximum atomic E-state index is 11.8. The first-order valence-electron chi connectivity index (χ1n) is 6.41. The van der Waals surface area contributed by atoms with E-state index in [1.807, 2.05) is 50.2 Å². The number of urea groups is 1. The number of aryl methyl sites for hydroxylation is 2. The average Bonchev–Trinajstić information content (AvgIpc) is 2.41. The summed E-state index contributed by atoms with van der Waals surface area (Å²) in [4.78, 5) is 11.8. The molecule has 0 aliphatic rings. The van der Waals surface area contributed by atoms with Gasteiger partial charge in [0.25, 0.3) is 0 Å². The van der Waals surface area contributed by atoms with Gasteiger partial charge in [-0.3, -0.25) is 0 Å². The van der Waals surface area contributed by atoms with Crippen molar-refractivity contribution in [1.29, 1.82) is 0 Å². The molecule has 2 aromatic carbocycles. The van der Waals surface area contributed by atoms with Gasteiger partial charge in [0.05, 0.1) is 0 Å². The van der Waals surface area contributed by atoms with E-state index >= 15 is 0 Å². The first kappa shape index (κ1) is 14.4. The molecule has 0 atom stereocenters. The molecule has 2 amide bonds. The molecule has 0 aromatic heterocycles. The van der Waals surface area contributed by atoms with E-state index in [0.29, 0.717) is 17.3 Å². The molecule has 0 bridgehead atoms. The largest absolute Gasteiger partial charge is 0.334 e. The van der Waals surface area contributed by atoms with Gasteiger partial charge in [0, 0.05) is 17.3 Å². The summed E-state index contributed by atoms with van der Waals surface area (Å²) in [6.07, 6.45) is 0. The third kappa shape index (κ3) is 4.00. The van der Waals surface area contributed by atoms with Crippen LogP contribution < -0.4 is 10.6 Å². The molecule has 0 fully saturated rings. The van der Waals surface area contributed by atoms with Crippen LogP contribution in [-0.2, 0) is 6.54 Å². The van der Waals surface area contributed by atoms with Gasteiger partial charge in [-0.05, 0) is 37.1 Å². The number of halogens is 1. The quantitative estimate of drug-likeness (QED) is 0.869. The first-order chi connectivity index (χ1) is 9.54. The smallest absolute Gasteiger partial charge is 0.319 e. The van der Waals surface area contributed by atoms with Gasteiger partial charge in [0.1, 0.15) is 0 Å². The van der Waals surface area contributed by atoms with Gasteiger partial charge in [-0.25, -0.2) is 4.79 Å². The van der Waals surface area contributed by atoms with E-state index in [2.05, 4.69) is 10.6 Å². The lowest BCUT2D eigenvalue weighted by molar-refractivity contribution is 0.251. The zero-order valence-corrected chi connectivity index (χ0v) is 12.3. The highest BCUT2D eigenvalue weighted by Gasteiger charge is 2.03. The third-order valence-electron chi connectivity index (χ3n) is 2.97. The van der Waals surface area contributed by atoms with Gasteiger partial charge in [-0.2, -0.15) is 0 Å². The number of benzene rings is 2. The number of nitrogens with one attached hydrogen (secondary N) is 2. The normalized spacial score (nSPS) is 10.2. The second kappa shape index (κ2) is 6.44. The Morgan fingerprint density at radius 1 is 1.15 bits per heavy atom. The molecule has 0 radical (unpaired) electrons. The monoisotopic (exact) mass is 288 g/mol. The number of hydrogen-bond donors (Lipinski definition) is 2. The van der Waals surface area contributed by atoms with Crippen molar-refractivity contribution < 1.29 is 4.79 Å². The second-order valence-corrected chi connectivity index (χ2v) is 5.17. The van der Waals surface area contributed by atoms with Gasteiger partial charge >= 0.3 is 6.03 Å². The van der Waals surface area contributed by atoms with E-state index in [1.54, 1.807) is 6.07 Å². The van der Waals surface area contributed by atoms with Crippen molar-refractivity contribution in [3.63, 3.8) is 0 Å². The average molecular weight is 289 g/mol. The molecule has 0 unspecified atom stereocenters. The summed E-state index contributed by atoms with van der Waals surface area (Å²) < 4.78 is 0. The lowest BCUT2D eigenvalue weighted by Crippen LogP contribution is -2.28. The van der Waals surface area contributed by atoms with Crippen LogP contribution in [0.25, 0.3) is 0 Å². The Labute approximate surface area is 124 Å². The first-order valence-corrected chi connectivity index (χ1v) is 6.79. The highest BCUT2D eigenvalue weighted by Crippen LogP contribution is 2.19. The molecule has 0 aliphatic heterocycles. The van der Waals surface area contributed by atoms with E-state index in [-0.39, 0.29) is 6.03 Å². The minimum atomic E-state index is -0.244. The number of carbonyl (C=O) groups excluding carboxylic acids is 1. The molecule has 2 rings (SSSR count). The molecular formula is C16H17ClN2O. The minimum Gasteiger partial charge on any atom is -0.334 e. The van der Waals surface area contributed by atoms with Gasteiger partial charge in [-0.15, -0.1) is 0 Å². The Morgan fingerprint density at radius 3 is 2.65 bits per heavy atom. The molecule has 0 aliphatic carbocycles. The maximum Gasteiger partial charge on any atom is 0.319 e. The summed E-state index contributed by atoms with van der Waals surface area (Å²) in [6.45, 7) is 4.44. The molecule has 4 heteroatoms. The van der Waals surface area contributed by atoms with Crippen LogP contribution >= 0.6 is 11.6 Å². The third-order valence-corrected chi connectivity index (χ3v) is 3.37. The molecule has 0 spiro atoms. The Hall–Kier alpha value is -2.00. The van der Waals surface area contributed by atoms with Crippen molar-refractivity contribution >= 4 is 23.3 Å². The van der Waals surface area contributed by atoms with Gasteiger partial charge in [0.15, 0.2) is 0 Å². The second-order valence-electron chi connectivity index (χ2n) is 4.76. The fourth-order valence-electron chi connectivity index (χ4n) is 1.85. The maximum absolute atomic E-state index is 11.8. The fraction of sp³-hybridized carbons (Fsp3) is 0.188. The topological polar surface area (TPSA) is 41.1 Å².